The summed E-state index contributed by atoms with van der Waals surface area (Å²) >= 11 is 0. The second-order valence-corrected chi connectivity index (χ2v) is 7.19. The van der Waals surface area contributed by atoms with Crippen LogP contribution in [0.4, 0.5) is 4.79 Å². The van der Waals surface area contributed by atoms with E-state index in [0.29, 0.717) is 16.7 Å². The Morgan fingerprint density at radius 2 is 1.52 bits per heavy atom. The highest BCUT2D eigenvalue weighted by atomic mass is 16.5. The van der Waals surface area contributed by atoms with Gasteiger partial charge in [-0.3, -0.25) is 24.6 Å². The van der Waals surface area contributed by atoms with Gasteiger partial charge in [-0.2, -0.15) is 0 Å². The highest BCUT2D eigenvalue weighted by Gasteiger charge is 2.34. The Morgan fingerprint density at radius 3 is 2.06 bits per heavy atom. The van der Waals surface area contributed by atoms with E-state index in [0.717, 1.165) is 4.90 Å². The van der Waals surface area contributed by atoms with E-state index in [1.807, 2.05) is 5.32 Å². The summed E-state index contributed by atoms with van der Waals surface area (Å²) in [5, 5.41) is 4.53. The van der Waals surface area contributed by atoms with Crippen molar-refractivity contribution in [2.24, 2.45) is 0 Å². The summed E-state index contributed by atoms with van der Waals surface area (Å²) in [5.74, 6) is -2.23. The van der Waals surface area contributed by atoms with Crippen LogP contribution in [0, 0.1) is 0 Å². The fourth-order valence-corrected chi connectivity index (χ4v) is 2.99. The second kappa shape index (κ2) is 9.21. The zero-order valence-corrected chi connectivity index (χ0v) is 17.0. The van der Waals surface area contributed by atoms with Crippen LogP contribution in [0.3, 0.4) is 0 Å². The number of fused-ring (bicyclic) bond motifs is 1. The monoisotopic (exact) mass is 423 g/mol. The number of esters is 1. The van der Waals surface area contributed by atoms with E-state index in [-0.39, 0.29) is 30.0 Å². The predicted octanol–water partition coefficient (Wildman–Crippen LogP) is 1.87. The molecule has 0 fully saturated rings. The standard InChI is InChI=1S/C22H21N3O6/c1-13(2)23-22(30)24-18(26)12-31-21(29)15-9-7-14(8-10-15)11-25-19(27)16-5-3-4-6-17(16)20(25)28/h3-10,13H,11-12H2,1-2H3,(H2,23,24,26,30). The fraction of sp³-hybridized carbons (Fsp3) is 0.227. The van der Waals surface area contributed by atoms with Gasteiger partial charge in [0.25, 0.3) is 17.7 Å². The highest BCUT2D eigenvalue weighted by Crippen LogP contribution is 2.24. The molecule has 0 radical (unpaired) electrons. The molecule has 0 aliphatic carbocycles. The minimum atomic E-state index is -0.756. The van der Waals surface area contributed by atoms with Crippen molar-refractivity contribution in [1.82, 2.24) is 15.5 Å². The summed E-state index contributed by atoms with van der Waals surface area (Å²) in [5.41, 5.74) is 1.57. The Kier molecular flexibility index (Phi) is 6.44. The maximum atomic E-state index is 12.4. The molecule has 1 aliphatic heterocycles. The molecule has 1 aliphatic rings. The third-order valence-corrected chi connectivity index (χ3v) is 4.42. The van der Waals surface area contributed by atoms with E-state index in [9.17, 15) is 24.0 Å². The highest BCUT2D eigenvalue weighted by molar-refractivity contribution is 6.21. The Bertz CT molecular complexity index is 1010. The zero-order chi connectivity index (χ0) is 22.5. The van der Waals surface area contributed by atoms with Crippen LogP contribution in [-0.4, -0.2) is 47.3 Å². The first-order valence-corrected chi connectivity index (χ1v) is 9.58. The van der Waals surface area contributed by atoms with E-state index >= 15 is 0 Å². The van der Waals surface area contributed by atoms with Crippen LogP contribution in [-0.2, 0) is 16.1 Å². The maximum Gasteiger partial charge on any atom is 0.338 e. The number of carbonyl (C=O) groups is 5. The molecule has 0 aromatic heterocycles. The molecule has 0 saturated heterocycles. The third kappa shape index (κ3) is 5.13. The average Bonchev–Trinajstić information content (AvgIpc) is 2.97. The second-order valence-electron chi connectivity index (χ2n) is 7.19. The number of ether oxygens (including phenoxy) is 1. The van der Waals surface area contributed by atoms with Crippen LogP contribution in [0.1, 0.15) is 50.5 Å². The van der Waals surface area contributed by atoms with Crippen molar-refractivity contribution in [3.05, 3.63) is 70.8 Å². The van der Waals surface area contributed by atoms with Crippen molar-refractivity contribution in [3.8, 4) is 0 Å². The number of benzene rings is 2. The molecule has 9 nitrogen and oxygen atoms in total. The lowest BCUT2D eigenvalue weighted by atomic mass is 10.1. The number of urea groups is 1. The normalized spacial score (nSPS) is 12.5. The predicted molar refractivity (Wildman–Crippen MR) is 109 cm³/mol. The van der Waals surface area contributed by atoms with Gasteiger partial charge < -0.3 is 10.1 Å². The molecule has 0 spiro atoms. The number of hydrogen-bond acceptors (Lipinski definition) is 6. The Hall–Kier alpha value is -4.01. The Labute approximate surface area is 178 Å². The van der Waals surface area contributed by atoms with Gasteiger partial charge in [-0.25, -0.2) is 9.59 Å². The lowest BCUT2D eigenvalue weighted by Crippen LogP contribution is -2.44. The molecule has 2 aromatic rings. The van der Waals surface area contributed by atoms with Crippen LogP contribution < -0.4 is 10.6 Å². The number of amides is 5. The molecule has 31 heavy (non-hydrogen) atoms. The summed E-state index contributed by atoms with van der Waals surface area (Å²) in [6.45, 7) is 2.93. The van der Waals surface area contributed by atoms with Crippen LogP contribution >= 0.6 is 0 Å². The van der Waals surface area contributed by atoms with Gasteiger partial charge in [0, 0.05) is 6.04 Å². The zero-order valence-electron chi connectivity index (χ0n) is 17.0. The molecule has 1 heterocycles. The van der Waals surface area contributed by atoms with Crippen molar-refractivity contribution in [3.63, 3.8) is 0 Å². The minimum Gasteiger partial charge on any atom is -0.452 e. The number of nitrogens with zero attached hydrogens (tertiary/aromatic N) is 1. The van der Waals surface area contributed by atoms with E-state index in [1.165, 1.54) is 12.1 Å². The van der Waals surface area contributed by atoms with Gasteiger partial charge in [0.1, 0.15) is 0 Å². The van der Waals surface area contributed by atoms with Crippen molar-refractivity contribution < 1.29 is 28.7 Å². The molecule has 5 amide bonds. The van der Waals surface area contributed by atoms with E-state index in [2.05, 4.69) is 5.32 Å². The summed E-state index contributed by atoms with van der Waals surface area (Å²) in [6.07, 6.45) is 0. The van der Waals surface area contributed by atoms with Gasteiger partial charge in [-0.15, -0.1) is 0 Å². The van der Waals surface area contributed by atoms with Gasteiger partial charge in [-0.1, -0.05) is 24.3 Å². The van der Waals surface area contributed by atoms with E-state index in [4.69, 9.17) is 4.74 Å². The lowest BCUT2D eigenvalue weighted by molar-refractivity contribution is -0.123. The molecule has 0 bridgehead atoms. The molecule has 2 aromatic carbocycles. The topological polar surface area (TPSA) is 122 Å². The minimum absolute atomic E-state index is 0.0645. The van der Waals surface area contributed by atoms with Crippen molar-refractivity contribution in [2.75, 3.05) is 6.61 Å². The molecule has 2 N–H and O–H groups in total. The average molecular weight is 423 g/mol. The quantitative estimate of drug-likeness (QED) is 0.540. The first-order chi connectivity index (χ1) is 14.8. The molecule has 0 saturated carbocycles. The van der Waals surface area contributed by atoms with Crippen molar-refractivity contribution in [1.29, 1.82) is 0 Å². The Morgan fingerprint density at radius 1 is 0.935 bits per heavy atom. The fourth-order valence-electron chi connectivity index (χ4n) is 2.99. The summed E-state index contributed by atoms with van der Waals surface area (Å²) < 4.78 is 4.90. The number of hydrogen-bond donors (Lipinski definition) is 2. The van der Waals surface area contributed by atoms with Crippen LogP contribution in [0.15, 0.2) is 48.5 Å². The van der Waals surface area contributed by atoms with E-state index < -0.39 is 24.5 Å². The summed E-state index contributed by atoms with van der Waals surface area (Å²) in [4.78, 5) is 61.2. The number of imide groups is 2. The number of carbonyl (C=O) groups excluding carboxylic acids is 5. The van der Waals surface area contributed by atoms with Crippen LogP contribution in [0.2, 0.25) is 0 Å². The van der Waals surface area contributed by atoms with Gasteiger partial charge in [0.15, 0.2) is 6.61 Å². The first kappa shape index (κ1) is 21.7. The maximum absolute atomic E-state index is 12.4. The van der Waals surface area contributed by atoms with E-state index in [1.54, 1.807) is 50.2 Å². The van der Waals surface area contributed by atoms with Gasteiger partial charge >= 0.3 is 12.0 Å². The first-order valence-electron chi connectivity index (χ1n) is 9.58. The smallest absolute Gasteiger partial charge is 0.338 e. The SMILES string of the molecule is CC(C)NC(=O)NC(=O)COC(=O)c1ccc(CN2C(=O)c3ccccc3C2=O)cc1. The summed E-state index contributed by atoms with van der Waals surface area (Å²) in [6, 6.07) is 11.9. The Balaban J connectivity index is 1.54. The van der Waals surface area contributed by atoms with Gasteiger partial charge in [0.2, 0.25) is 0 Å². The molecule has 0 unspecified atom stereocenters. The molecule has 0 atom stereocenters. The van der Waals surface area contributed by atoms with Crippen LogP contribution in [0.5, 0.6) is 0 Å². The van der Waals surface area contributed by atoms with Crippen molar-refractivity contribution >= 4 is 29.7 Å². The molecule has 9 heteroatoms. The third-order valence-electron chi connectivity index (χ3n) is 4.42. The largest absolute Gasteiger partial charge is 0.452 e. The molecular formula is C22H21N3O6. The van der Waals surface area contributed by atoms with Crippen molar-refractivity contribution in [2.45, 2.75) is 26.4 Å². The molecule has 160 valence electrons. The number of rotatable bonds is 6. The summed E-state index contributed by atoms with van der Waals surface area (Å²) in [7, 11) is 0. The lowest BCUT2D eigenvalue weighted by Gasteiger charge is -2.14. The van der Waals surface area contributed by atoms with Crippen LogP contribution in [0.25, 0.3) is 0 Å². The molecular weight excluding hydrogens is 402 g/mol. The number of nitrogens with one attached hydrogen (secondary N) is 2. The van der Waals surface area contributed by atoms with Gasteiger partial charge in [-0.05, 0) is 43.7 Å². The molecule has 3 rings (SSSR count). The van der Waals surface area contributed by atoms with Gasteiger partial charge in [0.05, 0.1) is 23.2 Å².